The SMILES string of the molecule is CON1CC/C(=C/c2nc(C(C)(C)C)c(O)c(C(C)(C)C)n2)C1=O. The van der Waals surface area contributed by atoms with E-state index in [1.54, 1.807) is 6.08 Å². The molecule has 1 aliphatic heterocycles. The van der Waals surface area contributed by atoms with Crippen molar-refractivity contribution in [3.05, 3.63) is 22.8 Å². The third-order valence-electron chi connectivity index (χ3n) is 3.93. The standard InChI is InChI=1S/C18H27N3O3/c1-17(2,3)14-13(22)15(18(4,5)6)20-12(19-14)10-11-8-9-21(24-7)16(11)23/h10,22H,8-9H2,1-7H3/b11-10-. The van der Waals surface area contributed by atoms with Crippen LogP contribution in [0.4, 0.5) is 0 Å². The van der Waals surface area contributed by atoms with Crippen molar-refractivity contribution in [1.82, 2.24) is 15.0 Å². The number of aromatic hydroxyl groups is 1. The molecule has 1 fully saturated rings. The first kappa shape index (κ1) is 18.4. The maximum absolute atomic E-state index is 12.2. The Balaban J connectivity index is 2.58. The van der Waals surface area contributed by atoms with E-state index in [2.05, 4.69) is 9.97 Å². The molecule has 1 aromatic heterocycles. The summed E-state index contributed by atoms with van der Waals surface area (Å²) in [5.41, 5.74) is 1.12. The van der Waals surface area contributed by atoms with Crippen molar-refractivity contribution in [2.45, 2.75) is 58.8 Å². The molecule has 0 atom stereocenters. The lowest BCUT2D eigenvalue weighted by Crippen LogP contribution is -2.23. The van der Waals surface area contributed by atoms with Crippen molar-refractivity contribution in [2.24, 2.45) is 0 Å². The Bertz CT molecular complexity index is 647. The van der Waals surface area contributed by atoms with Crippen LogP contribution in [-0.2, 0) is 20.5 Å². The number of rotatable bonds is 2. The Hall–Kier alpha value is -1.95. The number of hydrogen-bond acceptors (Lipinski definition) is 5. The van der Waals surface area contributed by atoms with E-state index in [1.165, 1.54) is 12.2 Å². The van der Waals surface area contributed by atoms with Crippen LogP contribution in [0, 0.1) is 0 Å². The van der Waals surface area contributed by atoms with Crippen LogP contribution in [0.3, 0.4) is 0 Å². The fourth-order valence-corrected chi connectivity index (χ4v) is 2.64. The van der Waals surface area contributed by atoms with E-state index in [4.69, 9.17) is 4.84 Å². The monoisotopic (exact) mass is 333 g/mol. The normalized spacial score (nSPS) is 17.9. The number of aromatic nitrogens is 2. The van der Waals surface area contributed by atoms with E-state index in [1.807, 2.05) is 41.5 Å². The Morgan fingerprint density at radius 2 is 1.58 bits per heavy atom. The molecule has 0 aromatic carbocycles. The Morgan fingerprint density at radius 1 is 1.08 bits per heavy atom. The van der Waals surface area contributed by atoms with Crippen molar-refractivity contribution in [3.8, 4) is 5.75 Å². The van der Waals surface area contributed by atoms with Crippen molar-refractivity contribution < 1.29 is 14.7 Å². The summed E-state index contributed by atoms with van der Waals surface area (Å²) < 4.78 is 0. The van der Waals surface area contributed by atoms with Crippen molar-refractivity contribution >= 4 is 12.0 Å². The molecule has 6 heteroatoms. The fourth-order valence-electron chi connectivity index (χ4n) is 2.64. The summed E-state index contributed by atoms with van der Waals surface area (Å²) in [6.45, 7) is 12.5. The molecule has 0 spiro atoms. The molecule has 2 rings (SSSR count). The van der Waals surface area contributed by atoms with Crippen LogP contribution < -0.4 is 0 Å². The predicted molar refractivity (Wildman–Crippen MR) is 92.4 cm³/mol. The zero-order valence-electron chi connectivity index (χ0n) is 15.6. The third-order valence-corrected chi connectivity index (χ3v) is 3.93. The van der Waals surface area contributed by atoms with Gasteiger partial charge in [-0.25, -0.2) is 15.0 Å². The molecule has 0 bridgehead atoms. The molecule has 1 N–H and O–H groups in total. The molecule has 0 saturated carbocycles. The van der Waals surface area contributed by atoms with Crippen molar-refractivity contribution in [1.29, 1.82) is 0 Å². The summed E-state index contributed by atoms with van der Waals surface area (Å²) in [6, 6.07) is 0. The Kier molecular flexibility index (Phi) is 4.72. The second-order valence-corrected chi connectivity index (χ2v) is 8.14. The minimum absolute atomic E-state index is 0.133. The molecule has 1 amide bonds. The first-order valence-corrected chi connectivity index (χ1v) is 8.13. The van der Waals surface area contributed by atoms with Gasteiger partial charge in [0.25, 0.3) is 5.91 Å². The van der Waals surface area contributed by atoms with Crippen LogP contribution in [0.5, 0.6) is 5.75 Å². The van der Waals surface area contributed by atoms with Crippen LogP contribution in [0.1, 0.15) is 65.2 Å². The minimum Gasteiger partial charge on any atom is -0.504 e. The van der Waals surface area contributed by atoms with Crippen LogP contribution in [0.2, 0.25) is 0 Å². The van der Waals surface area contributed by atoms with Gasteiger partial charge in [-0.1, -0.05) is 41.5 Å². The van der Waals surface area contributed by atoms with Gasteiger partial charge in [0, 0.05) is 16.4 Å². The number of amides is 1. The molecule has 2 heterocycles. The number of nitrogens with zero attached hydrogens (tertiary/aromatic N) is 3. The molecule has 1 saturated heterocycles. The molecular weight excluding hydrogens is 306 g/mol. The molecule has 132 valence electrons. The summed E-state index contributed by atoms with van der Waals surface area (Å²) in [6.07, 6.45) is 2.29. The molecule has 6 nitrogen and oxygen atoms in total. The molecule has 0 unspecified atom stereocenters. The highest BCUT2D eigenvalue weighted by Gasteiger charge is 2.30. The van der Waals surface area contributed by atoms with Crippen molar-refractivity contribution in [3.63, 3.8) is 0 Å². The number of hydrogen-bond donors (Lipinski definition) is 1. The quantitative estimate of drug-likeness (QED) is 0.842. The average molecular weight is 333 g/mol. The Morgan fingerprint density at radius 3 is 1.96 bits per heavy atom. The maximum atomic E-state index is 12.2. The van der Waals surface area contributed by atoms with Crippen LogP contribution in [0.15, 0.2) is 5.57 Å². The summed E-state index contributed by atoms with van der Waals surface area (Å²) in [4.78, 5) is 26.3. The summed E-state index contributed by atoms with van der Waals surface area (Å²) in [7, 11) is 1.48. The summed E-state index contributed by atoms with van der Waals surface area (Å²) in [5.74, 6) is 0.418. The number of carbonyl (C=O) groups is 1. The van der Waals surface area contributed by atoms with E-state index in [0.29, 0.717) is 35.8 Å². The van der Waals surface area contributed by atoms with E-state index in [0.717, 1.165) is 0 Å². The maximum Gasteiger partial charge on any atom is 0.273 e. The lowest BCUT2D eigenvalue weighted by atomic mass is 9.85. The first-order valence-electron chi connectivity index (χ1n) is 8.13. The lowest BCUT2D eigenvalue weighted by molar-refractivity contribution is -0.164. The van der Waals surface area contributed by atoms with Gasteiger partial charge in [0.1, 0.15) is 0 Å². The topological polar surface area (TPSA) is 75.6 Å². The first-order chi connectivity index (χ1) is 10.9. The number of hydroxylamine groups is 2. The molecule has 1 aliphatic rings. The van der Waals surface area contributed by atoms with Gasteiger partial charge in [-0.3, -0.25) is 9.63 Å². The fraction of sp³-hybridized carbons (Fsp3) is 0.611. The van der Waals surface area contributed by atoms with Gasteiger partial charge >= 0.3 is 0 Å². The van der Waals surface area contributed by atoms with E-state index < -0.39 is 0 Å². The second-order valence-electron chi connectivity index (χ2n) is 8.14. The third kappa shape index (κ3) is 3.59. The van der Waals surface area contributed by atoms with Gasteiger partial charge in [0.2, 0.25) is 0 Å². The lowest BCUT2D eigenvalue weighted by Gasteiger charge is -2.25. The molecule has 24 heavy (non-hydrogen) atoms. The molecule has 1 aromatic rings. The van der Waals surface area contributed by atoms with E-state index >= 15 is 0 Å². The summed E-state index contributed by atoms with van der Waals surface area (Å²) >= 11 is 0. The van der Waals surface area contributed by atoms with E-state index in [9.17, 15) is 9.90 Å². The van der Waals surface area contributed by atoms with Crippen LogP contribution in [0.25, 0.3) is 6.08 Å². The molecular formula is C18H27N3O3. The minimum atomic E-state index is -0.335. The zero-order chi connectivity index (χ0) is 18.3. The van der Waals surface area contributed by atoms with Gasteiger partial charge in [0.15, 0.2) is 11.6 Å². The Labute approximate surface area is 143 Å². The smallest absolute Gasteiger partial charge is 0.273 e. The van der Waals surface area contributed by atoms with Gasteiger partial charge < -0.3 is 5.11 Å². The van der Waals surface area contributed by atoms with Crippen molar-refractivity contribution in [2.75, 3.05) is 13.7 Å². The highest BCUT2D eigenvalue weighted by atomic mass is 16.7. The van der Waals surface area contributed by atoms with Crippen LogP contribution >= 0.6 is 0 Å². The number of carbonyl (C=O) groups excluding carboxylic acids is 1. The van der Waals surface area contributed by atoms with Gasteiger partial charge in [-0.15, -0.1) is 0 Å². The van der Waals surface area contributed by atoms with Gasteiger partial charge in [-0.05, 0) is 12.5 Å². The average Bonchev–Trinajstić information content (AvgIpc) is 2.78. The van der Waals surface area contributed by atoms with Gasteiger partial charge in [0.05, 0.1) is 25.0 Å². The zero-order valence-corrected chi connectivity index (χ0v) is 15.6. The molecule has 0 aliphatic carbocycles. The molecule has 0 radical (unpaired) electrons. The highest BCUT2D eigenvalue weighted by molar-refractivity contribution is 5.98. The van der Waals surface area contributed by atoms with E-state index in [-0.39, 0.29) is 22.5 Å². The second kappa shape index (κ2) is 6.16. The highest BCUT2D eigenvalue weighted by Crippen LogP contribution is 2.36. The predicted octanol–water partition coefficient (Wildman–Crippen LogP) is 2.95. The largest absolute Gasteiger partial charge is 0.504 e. The summed E-state index contributed by atoms with van der Waals surface area (Å²) in [5, 5.41) is 12.0. The van der Waals surface area contributed by atoms with Gasteiger partial charge in [-0.2, -0.15) is 0 Å². The van der Waals surface area contributed by atoms with Crippen LogP contribution in [-0.4, -0.2) is 39.7 Å².